The maximum atomic E-state index is 13.0. The Morgan fingerprint density at radius 3 is 2.33 bits per heavy atom. The Morgan fingerprint density at radius 1 is 1.10 bits per heavy atom. The summed E-state index contributed by atoms with van der Waals surface area (Å²) >= 11 is 11.9. The first-order valence-electron chi connectivity index (χ1n) is 6.33. The predicted molar refractivity (Wildman–Crippen MR) is 83.4 cm³/mol. The Morgan fingerprint density at radius 2 is 1.71 bits per heavy atom. The molecule has 0 unspecified atom stereocenters. The number of carbonyl (C=O) groups excluding carboxylic acids is 1. The molecule has 0 spiro atoms. The Bertz CT molecular complexity index is 668. The number of hydrogen-bond acceptors (Lipinski definition) is 1. The van der Waals surface area contributed by atoms with Crippen molar-refractivity contribution in [2.45, 2.75) is 19.4 Å². The Balaban J connectivity index is 2.25. The minimum absolute atomic E-state index is 0.305. The van der Waals surface area contributed by atoms with Crippen molar-refractivity contribution < 1.29 is 9.18 Å². The van der Waals surface area contributed by atoms with Crippen molar-refractivity contribution >= 4 is 29.1 Å². The van der Waals surface area contributed by atoms with Crippen LogP contribution in [-0.2, 0) is 5.54 Å². The molecule has 21 heavy (non-hydrogen) atoms. The highest BCUT2D eigenvalue weighted by molar-refractivity contribution is 6.35. The molecule has 2 rings (SSSR count). The lowest BCUT2D eigenvalue weighted by Gasteiger charge is -2.27. The smallest absolute Gasteiger partial charge is 0.253 e. The molecule has 0 saturated carbocycles. The van der Waals surface area contributed by atoms with Crippen molar-refractivity contribution in [2.24, 2.45) is 0 Å². The molecule has 0 aliphatic heterocycles. The fourth-order valence-electron chi connectivity index (χ4n) is 1.96. The molecule has 0 radical (unpaired) electrons. The molecule has 0 aliphatic carbocycles. The number of benzene rings is 2. The zero-order valence-corrected chi connectivity index (χ0v) is 13.1. The van der Waals surface area contributed by atoms with Crippen LogP contribution < -0.4 is 5.32 Å². The van der Waals surface area contributed by atoms with Gasteiger partial charge in [0, 0.05) is 5.02 Å². The van der Waals surface area contributed by atoms with E-state index in [-0.39, 0.29) is 11.7 Å². The highest BCUT2D eigenvalue weighted by Crippen LogP contribution is 2.24. The molecule has 0 aromatic heterocycles. The van der Waals surface area contributed by atoms with Gasteiger partial charge in [0.25, 0.3) is 5.91 Å². The molecule has 2 aromatic rings. The van der Waals surface area contributed by atoms with Crippen LogP contribution >= 0.6 is 23.2 Å². The van der Waals surface area contributed by atoms with Crippen molar-refractivity contribution in [2.75, 3.05) is 0 Å². The molecule has 2 aromatic carbocycles. The topological polar surface area (TPSA) is 29.1 Å². The fourth-order valence-corrected chi connectivity index (χ4v) is 2.34. The minimum Gasteiger partial charge on any atom is -0.343 e. The second-order valence-corrected chi connectivity index (χ2v) is 6.05. The third-order valence-electron chi connectivity index (χ3n) is 3.16. The molecule has 0 fully saturated rings. The molecule has 1 amide bonds. The van der Waals surface area contributed by atoms with E-state index in [4.69, 9.17) is 23.2 Å². The number of nitrogens with one attached hydrogen (secondary N) is 1. The fraction of sp³-hybridized carbons (Fsp3) is 0.188. The number of carbonyl (C=O) groups is 1. The third-order valence-corrected chi connectivity index (χ3v) is 3.73. The molecule has 1 N–H and O–H groups in total. The lowest BCUT2D eigenvalue weighted by atomic mass is 9.94. The van der Waals surface area contributed by atoms with Gasteiger partial charge in [0.2, 0.25) is 0 Å². The maximum Gasteiger partial charge on any atom is 0.253 e. The zero-order chi connectivity index (χ0) is 15.6. The van der Waals surface area contributed by atoms with Crippen LogP contribution in [0.25, 0.3) is 0 Å². The highest BCUT2D eigenvalue weighted by Gasteiger charge is 2.24. The van der Waals surface area contributed by atoms with Crippen LogP contribution in [0.5, 0.6) is 0 Å². The summed E-state index contributed by atoms with van der Waals surface area (Å²) in [6.45, 7) is 3.66. The monoisotopic (exact) mass is 325 g/mol. The van der Waals surface area contributed by atoms with E-state index in [0.29, 0.717) is 15.6 Å². The van der Waals surface area contributed by atoms with Gasteiger partial charge in [-0.3, -0.25) is 4.79 Å². The van der Waals surface area contributed by atoms with E-state index in [1.54, 1.807) is 24.3 Å². The van der Waals surface area contributed by atoms with Crippen LogP contribution in [-0.4, -0.2) is 5.91 Å². The lowest BCUT2D eigenvalue weighted by molar-refractivity contribution is 0.0912. The van der Waals surface area contributed by atoms with Crippen LogP contribution in [0, 0.1) is 5.82 Å². The maximum absolute atomic E-state index is 13.0. The van der Waals surface area contributed by atoms with Crippen molar-refractivity contribution in [1.82, 2.24) is 5.32 Å². The van der Waals surface area contributed by atoms with Crippen LogP contribution in [0.3, 0.4) is 0 Å². The van der Waals surface area contributed by atoms with Gasteiger partial charge >= 0.3 is 0 Å². The predicted octanol–water partition coefficient (Wildman–Crippen LogP) is 4.80. The second-order valence-electron chi connectivity index (χ2n) is 5.21. The van der Waals surface area contributed by atoms with Gasteiger partial charge < -0.3 is 5.32 Å². The van der Waals surface area contributed by atoms with Crippen molar-refractivity contribution in [1.29, 1.82) is 0 Å². The van der Waals surface area contributed by atoms with Gasteiger partial charge in [-0.05, 0) is 49.7 Å². The van der Waals surface area contributed by atoms with E-state index < -0.39 is 5.54 Å². The van der Waals surface area contributed by atoms with Crippen molar-refractivity contribution in [3.63, 3.8) is 0 Å². The largest absolute Gasteiger partial charge is 0.343 e. The molecule has 0 saturated heterocycles. The first kappa shape index (κ1) is 15.8. The van der Waals surface area contributed by atoms with E-state index in [9.17, 15) is 9.18 Å². The summed E-state index contributed by atoms with van der Waals surface area (Å²) in [5, 5.41) is 3.63. The molecule has 0 heterocycles. The Kier molecular flexibility index (Phi) is 4.55. The number of amides is 1. The van der Waals surface area contributed by atoms with Crippen LogP contribution in [0.2, 0.25) is 10.0 Å². The van der Waals surface area contributed by atoms with Crippen LogP contribution in [0.1, 0.15) is 29.8 Å². The average molecular weight is 326 g/mol. The molecule has 0 aliphatic rings. The lowest BCUT2D eigenvalue weighted by Crippen LogP contribution is -2.41. The second kappa shape index (κ2) is 6.04. The summed E-state index contributed by atoms with van der Waals surface area (Å²) in [6, 6.07) is 10.7. The van der Waals surface area contributed by atoms with Gasteiger partial charge in [0.1, 0.15) is 5.82 Å². The van der Waals surface area contributed by atoms with Gasteiger partial charge in [-0.1, -0.05) is 35.3 Å². The molecule has 0 bridgehead atoms. The van der Waals surface area contributed by atoms with E-state index in [0.717, 1.165) is 5.56 Å². The number of halogens is 3. The van der Waals surface area contributed by atoms with Gasteiger partial charge in [-0.25, -0.2) is 4.39 Å². The highest BCUT2D eigenvalue weighted by atomic mass is 35.5. The molecular weight excluding hydrogens is 312 g/mol. The van der Waals surface area contributed by atoms with E-state index >= 15 is 0 Å². The molecule has 0 atom stereocenters. The molecule has 110 valence electrons. The summed E-state index contributed by atoms with van der Waals surface area (Å²) < 4.78 is 13.0. The quantitative estimate of drug-likeness (QED) is 0.863. The van der Waals surface area contributed by atoms with Gasteiger partial charge in [-0.2, -0.15) is 0 Å². The summed E-state index contributed by atoms with van der Waals surface area (Å²) in [5.74, 6) is -0.657. The van der Waals surface area contributed by atoms with Gasteiger partial charge in [0.15, 0.2) is 0 Å². The van der Waals surface area contributed by atoms with Crippen molar-refractivity contribution in [3.8, 4) is 0 Å². The van der Waals surface area contributed by atoms with Crippen LogP contribution in [0.15, 0.2) is 42.5 Å². The summed E-state index contributed by atoms with van der Waals surface area (Å²) in [6.07, 6.45) is 0. The van der Waals surface area contributed by atoms with Crippen LogP contribution in [0.4, 0.5) is 4.39 Å². The molecule has 5 heteroatoms. The summed E-state index contributed by atoms with van der Waals surface area (Å²) in [7, 11) is 0. The van der Waals surface area contributed by atoms with Crippen molar-refractivity contribution in [3.05, 3.63) is 69.5 Å². The molecule has 2 nitrogen and oxygen atoms in total. The normalized spacial score (nSPS) is 11.3. The number of rotatable bonds is 3. The summed E-state index contributed by atoms with van der Waals surface area (Å²) in [5.41, 5.74) is 0.422. The standard InChI is InChI=1S/C16H14Cl2FNO/c1-16(2,10-3-6-12(19)7-4-10)20-15(21)13-9-11(17)5-8-14(13)18/h3-9H,1-2H3,(H,20,21). The minimum atomic E-state index is -0.670. The SMILES string of the molecule is CC(C)(NC(=O)c1cc(Cl)ccc1Cl)c1ccc(F)cc1. The first-order valence-corrected chi connectivity index (χ1v) is 7.09. The Hall–Kier alpha value is -1.58. The number of hydrogen-bond donors (Lipinski definition) is 1. The van der Waals surface area contributed by atoms with Gasteiger partial charge in [0.05, 0.1) is 16.1 Å². The first-order chi connectivity index (χ1) is 9.79. The molecular formula is C16H14Cl2FNO. The average Bonchev–Trinajstić information content (AvgIpc) is 2.41. The van der Waals surface area contributed by atoms with E-state index in [1.807, 2.05) is 13.8 Å². The Labute approximate surface area is 132 Å². The zero-order valence-electron chi connectivity index (χ0n) is 11.6. The van der Waals surface area contributed by atoms with Gasteiger partial charge in [-0.15, -0.1) is 0 Å². The third kappa shape index (κ3) is 3.74. The summed E-state index contributed by atoms with van der Waals surface area (Å²) in [4.78, 5) is 12.3. The van der Waals surface area contributed by atoms with E-state index in [2.05, 4.69) is 5.32 Å². The van der Waals surface area contributed by atoms with E-state index in [1.165, 1.54) is 18.2 Å².